The van der Waals surface area contributed by atoms with Crippen LogP contribution in [0.3, 0.4) is 0 Å². The van der Waals surface area contributed by atoms with Crippen LogP contribution in [0, 0.1) is 23.1 Å². The molecule has 0 aromatic heterocycles. The number of halogens is 2. The zero-order chi connectivity index (χ0) is 16.7. The first-order chi connectivity index (χ1) is 10.3. The van der Waals surface area contributed by atoms with Crippen LogP contribution < -0.4 is 10.6 Å². The van der Waals surface area contributed by atoms with Gasteiger partial charge in [0.2, 0.25) is 5.91 Å². The van der Waals surface area contributed by atoms with E-state index in [4.69, 9.17) is 16.9 Å². The van der Waals surface area contributed by atoms with Crippen molar-refractivity contribution in [2.45, 2.75) is 26.3 Å². The highest BCUT2D eigenvalue weighted by molar-refractivity contribution is 6.33. The Labute approximate surface area is 133 Å². The molecule has 0 spiro atoms. The van der Waals surface area contributed by atoms with Crippen molar-refractivity contribution in [3.8, 4) is 6.07 Å². The molecular formula is C15H17ClFN3O2. The minimum Gasteiger partial charge on any atom is -0.341 e. The molecule has 0 unspecified atom stereocenters. The molecule has 0 saturated carbocycles. The van der Waals surface area contributed by atoms with Crippen molar-refractivity contribution in [1.82, 2.24) is 10.6 Å². The third-order valence-corrected chi connectivity index (χ3v) is 3.16. The van der Waals surface area contributed by atoms with Gasteiger partial charge in [-0.1, -0.05) is 25.4 Å². The molecule has 0 bridgehead atoms. The number of amides is 2. The van der Waals surface area contributed by atoms with E-state index in [-0.39, 0.29) is 23.0 Å². The number of nitrogens with zero attached hydrogens (tertiary/aromatic N) is 1. The Bertz CT molecular complexity index is 599. The van der Waals surface area contributed by atoms with E-state index in [1.165, 1.54) is 6.07 Å². The van der Waals surface area contributed by atoms with Gasteiger partial charge in [-0.05, 0) is 30.5 Å². The minimum atomic E-state index is -0.790. The summed E-state index contributed by atoms with van der Waals surface area (Å²) in [6, 6.07) is 4.42. The number of nitrogens with one attached hydrogen (secondary N) is 2. The average molecular weight is 326 g/mol. The zero-order valence-electron chi connectivity index (χ0n) is 12.3. The molecule has 0 fully saturated rings. The van der Waals surface area contributed by atoms with Crippen LogP contribution in [0.1, 0.15) is 30.6 Å². The summed E-state index contributed by atoms with van der Waals surface area (Å²) in [4.78, 5) is 24.2. The molecule has 118 valence electrons. The first-order valence-electron chi connectivity index (χ1n) is 6.75. The van der Waals surface area contributed by atoms with Crippen molar-refractivity contribution in [2.75, 3.05) is 6.54 Å². The predicted octanol–water partition coefficient (Wildman–Crippen LogP) is 2.26. The van der Waals surface area contributed by atoms with Gasteiger partial charge in [0.25, 0.3) is 5.91 Å². The predicted molar refractivity (Wildman–Crippen MR) is 80.7 cm³/mol. The molecular weight excluding hydrogens is 309 g/mol. The molecule has 2 N–H and O–H groups in total. The molecule has 0 aliphatic carbocycles. The summed E-state index contributed by atoms with van der Waals surface area (Å²) >= 11 is 5.83. The van der Waals surface area contributed by atoms with Crippen LogP contribution >= 0.6 is 11.6 Å². The highest BCUT2D eigenvalue weighted by atomic mass is 35.5. The SMILES string of the molecule is CC(C)C[C@H](NC(=O)c1ccc(F)cc1Cl)C(=O)NCC#N. The van der Waals surface area contributed by atoms with Gasteiger partial charge in [0.15, 0.2) is 0 Å². The van der Waals surface area contributed by atoms with E-state index in [0.717, 1.165) is 12.1 Å². The van der Waals surface area contributed by atoms with Gasteiger partial charge in [0.05, 0.1) is 16.7 Å². The van der Waals surface area contributed by atoms with Gasteiger partial charge in [-0.15, -0.1) is 0 Å². The molecule has 1 aromatic carbocycles. The van der Waals surface area contributed by atoms with Crippen LogP contribution in [0.5, 0.6) is 0 Å². The van der Waals surface area contributed by atoms with Crippen molar-refractivity contribution in [3.63, 3.8) is 0 Å². The second kappa shape index (κ2) is 8.35. The number of nitriles is 1. The maximum Gasteiger partial charge on any atom is 0.253 e. The van der Waals surface area contributed by atoms with Crippen LogP contribution in [-0.4, -0.2) is 24.4 Å². The van der Waals surface area contributed by atoms with Gasteiger partial charge in [-0.2, -0.15) is 5.26 Å². The smallest absolute Gasteiger partial charge is 0.253 e. The number of hydrogen-bond donors (Lipinski definition) is 2. The maximum atomic E-state index is 13.0. The lowest BCUT2D eigenvalue weighted by atomic mass is 10.0. The van der Waals surface area contributed by atoms with Crippen molar-refractivity contribution >= 4 is 23.4 Å². The van der Waals surface area contributed by atoms with E-state index in [9.17, 15) is 14.0 Å². The second-order valence-corrected chi connectivity index (χ2v) is 5.56. The molecule has 2 amide bonds. The lowest BCUT2D eigenvalue weighted by Gasteiger charge is -2.19. The minimum absolute atomic E-state index is 0.0294. The molecule has 0 aliphatic heterocycles. The quantitative estimate of drug-likeness (QED) is 0.787. The van der Waals surface area contributed by atoms with Gasteiger partial charge in [-0.3, -0.25) is 9.59 Å². The maximum absolute atomic E-state index is 13.0. The number of rotatable bonds is 6. The van der Waals surface area contributed by atoms with Crippen molar-refractivity contribution < 1.29 is 14.0 Å². The lowest BCUT2D eigenvalue weighted by Crippen LogP contribution is -2.47. The Morgan fingerprint density at radius 3 is 2.64 bits per heavy atom. The third kappa shape index (κ3) is 5.34. The van der Waals surface area contributed by atoms with Crippen LogP contribution in [-0.2, 0) is 4.79 Å². The van der Waals surface area contributed by atoms with E-state index < -0.39 is 23.7 Å². The summed E-state index contributed by atoms with van der Waals surface area (Å²) in [5.74, 6) is -1.40. The van der Waals surface area contributed by atoms with Crippen LogP contribution in [0.4, 0.5) is 4.39 Å². The summed E-state index contributed by atoms with van der Waals surface area (Å²) < 4.78 is 13.0. The molecule has 7 heteroatoms. The van der Waals surface area contributed by atoms with E-state index in [1.807, 2.05) is 13.8 Å². The number of benzene rings is 1. The fourth-order valence-electron chi connectivity index (χ4n) is 1.86. The number of hydrogen-bond acceptors (Lipinski definition) is 3. The molecule has 1 rings (SSSR count). The van der Waals surface area contributed by atoms with Crippen LogP contribution in [0.25, 0.3) is 0 Å². The molecule has 0 aliphatic rings. The Hall–Kier alpha value is -2.13. The zero-order valence-corrected chi connectivity index (χ0v) is 13.1. The summed E-state index contributed by atoms with van der Waals surface area (Å²) in [7, 11) is 0. The van der Waals surface area contributed by atoms with Gasteiger partial charge in [0, 0.05) is 0 Å². The second-order valence-electron chi connectivity index (χ2n) is 5.16. The van der Waals surface area contributed by atoms with E-state index in [2.05, 4.69) is 10.6 Å². The molecule has 0 saturated heterocycles. The Kier molecular flexibility index (Phi) is 6.80. The molecule has 22 heavy (non-hydrogen) atoms. The lowest BCUT2D eigenvalue weighted by molar-refractivity contribution is -0.123. The van der Waals surface area contributed by atoms with Crippen molar-refractivity contribution in [3.05, 3.63) is 34.6 Å². The van der Waals surface area contributed by atoms with E-state index >= 15 is 0 Å². The van der Waals surface area contributed by atoms with Crippen molar-refractivity contribution in [2.24, 2.45) is 5.92 Å². The Morgan fingerprint density at radius 1 is 1.41 bits per heavy atom. The highest BCUT2D eigenvalue weighted by Gasteiger charge is 2.23. The number of carbonyl (C=O) groups excluding carboxylic acids is 2. The average Bonchev–Trinajstić information content (AvgIpc) is 2.43. The van der Waals surface area contributed by atoms with E-state index in [1.54, 1.807) is 6.07 Å². The fraction of sp³-hybridized carbons (Fsp3) is 0.400. The normalized spacial score (nSPS) is 11.6. The molecule has 1 aromatic rings. The van der Waals surface area contributed by atoms with Gasteiger partial charge >= 0.3 is 0 Å². The molecule has 1 atom stereocenters. The monoisotopic (exact) mass is 325 g/mol. The standard InChI is InChI=1S/C15H17ClFN3O2/c1-9(2)7-13(15(22)19-6-5-18)20-14(21)11-4-3-10(17)8-12(11)16/h3-4,8-9,13H,6-7H2,1-2H3,(H,19,22)(H,20,21)/t13-/m0/s1. The summed E-state index contributed by atoms with van der Waals surface area (Å²) in [6.07, 6.45) is 0.405. The summed E-state index contributed by atoms with van der Waals surface area (Å²) in [5.41, 5.74) is 0.0879. The topological polar surface area (TPSA) is 82.0 Å². The first kappa shape index (κ1) is 17.9. The molecule has 0 heterocycles. The summed E-state index contributed by atoms with van der Waals surface area (Å²) in [6.45, 7) is 3.67. The van der Waals surface area contributed by atoms with Gasteiger partial charge < -0.3 is 10.6 Å². The van der Waals surface area contributed by atoms with E-state index in [0.29, 0.717) is 6.42 Å². The van der Waals surface area contributed by atoms with Crippen LogP contribution in [0.15, 0.2) is 18.2 Å². The molecule has 0 radical (unpaired) electrons. The largest absolute Gasteiger partial charge is 0.341 e. The van der Waals surface area contributed by atoms with Crippen molar-refractivity contribution in [1.29, 1.82) is 5.26 Å². The summed E-state index contributed by atoms with van der Waals surface area (Å²) in [5, 5.41) is 13.4. The van der Waals surface area contributed by atoms with Gasteiger partial charge in [-0.25, -0.2) is 4.39 Å². The third-order valence-electron chi connectivity index (χ3n) is 2.85. The first-order valence-corrected chi connectivity index (χ1v) is 7.13. The Balaban J connectivity index is 2.86. The fourth-order valence-corrected chi connectivity index (χ4v) is 2.12. The van der Waals surface area contributed by atoms with Crippen LogP contribution in [0.2, 0.25) is 5.02 Å². The molecule has 5 nitrogen and oxygen atoms in total. The Morgan fingerprint density at radius 2 is 2.09 bits per heavy atom. The van der Waals surface area contributed by atoms with Gasteiger partial charge in [0.1, 0.15) is 18.4 Å². The highest BCUT2D eigenvalue weighted by Crippen LogP contribution is 2.17. The number of carbonyl (C=O) groups is 2.